The second-order valence-electron chi connectivity index (χ2n) is 10.1. The number of methoxy groups -OCH3 is 1. The SMILES string of the molecule is COc1cc2c(cc1Nc1ncc3cnn(C4CC(CNS(=O)(=O)C5CC5)C4)c3n1)CN(C)CC2. The molecule has 35 heavy (non-hydrogen) atoms. The van der Waals surface area contributed by atoms with Gasteiger partial charge in [0.05, 0.1) is 35.7 Å². The van der Waals surface area contributed by atoms with Crippen molar-refractivity contribution in [2.45, 2.75) is 49.9 Å². The predicted octanol–water partition coefficient (Wildman–Crippen LogP) is 2.60. The fourth-order valence-electron chi connectivity index (χ4n) is 5.08. The summed E-state index contributed by atoms with van der Waals surface area (Å²) < 4.78 is 34.6. The van der Waals surface area contributed by atoms with Crippen LogP contribution in [0.2, 0.25) is 0 Å². The number of nitrogens with zero attached hydrogens (tertiary/aromatic N) is 5. The average Bonchev–Trinajstić information content (AvgIpc) is 3.60. The first kappa shape index (κ1) is 22.7. The van der Waals surface area contributed by atoms with E-state index in [2.05, 4.69) is 44.2 Å². The van der Waals surface area contributed by atoms with Gasteiger partial charge in [-0.3, -0.25) is 0 Å². The summed E-state index contributed by atoms with van der Waals surface area (Å²) in [5.74, 6) is 1.60. The molecule has 0 unspecified atom stereocenters. The van der Waals surface area contributed by atoms with Gasteiger partial charge in [-0.05, 0) is 68.3 Å². The summed E-state index contributed by atoms with van der Waals surface area (Å²) in [6.45, 7) is 2.45. The number of hydrogen-bond acceptors (Lipinski definition) is 8. The maximum atomic E-state index is 12.1. The van der Waals surface area contributed by atoms with E-state index in [4.69, 9.17) is 9.72 Å². The van der Waals surface area contributed by atoms with E-state index in [1.807, 2.05) is 4.68 Å². The summed E-state index contributed by atoms with van der Waals surface area (Å²) in [6, 6.07) is 4.45. The van der Waals surface area contributed by atoms with Gasteiger partial charge in [-0.1, -0.05) is 0 Å². The number of benzene rings is 1. The van der Waals surface area contributed by atoms with Gasteiger partial charge in [-0.25, -0.2) is 22.8 Å². The van der Waals surface area contributed by atoms with Crippen molar-refractivity contribution in [3.05, 3.63) is 35.7 Å². The first-order chi connectivity index (χ1) is 16.9. The molecule has 0 amide bonds. The number of sulfonamides is 1. The minimum atomic E-state index is -3.13. The van der Waals surface area contributed by atoms with Gasteiger partial charge in [0, 0.05) is 25.8 Å². The van der Waals surface area contributed by atoms with E-state index in [0.717, 1.165) is 67.7 Å². The van der Waals surface area contributed by atoms with Gasteiger partial charge in [0.1, 0.15) is 5.75 Å². The molecule has 3 aliphatic rings. The minimum absolute atomic E-state index is 0.175. The van der Waals surface area contributed by atoms with E-state index in [9.17, 15) is 8.42 Å². The second kappa shape index (κ2) is 8.72. The summed E-state index contributed by atoms with van der Waals surface area (Å²) in [4.78, 5) is 11.6. The fraction of sp³-hybridized carbons (Fsp3) is 0.542. The lowest BCUT2D eigenvalue weighted by molar-refractivity contribution is 0.190. The molecule has 11 heteroatoms. The number of ether oxygens (including phenoxy) is 1. The predicted molar refractivity (Wildman–Crippen MR) is 133 cm³/mol. The lowest BCUT2D eigenvalue weighted by Gasteiger charge is -2.35. The Kier molecular flexibility index (Phi) is 5.65. The molecular weight excluding hydrogens is 466 g/mol. The zero-order valence-corrected chi connectivity index (χ0v) is 20.9. The van der Waals surface area contributed by atoms with Crippen molar-refractivity contribution >= 4 is 32.7 Å². The van der Waals surface area contributed by atoms with Crippen molar-refractivity contribution in [2.75, 3.05) is 32.6 Å². The van der Waals surface area contributed by atoms with Crippen LogP contribution >= 0.6 is 0 Å². The third kappa shape index (κ3) is 4.48. The van der Waals surface area contributed by atoms with Gasteiger partial charge < -0.3 is 15.0 Å². The van der Waals surface area contributed by atoms with Gasteiger partial charge in [0.2, 0.25) is 16.0 Å². The molecule has 0 radical (unpaired) electrons. The van der Waals surface area contributed by atoms with Crippen molar-refractivity contribution < 1.29 is 13.2 Å². The molecule has 0 saturated heterocycles. The van der Waals surface area contributed by atoms with E-state index in [0.29, 0.717) is 18.4 Å². The molecule has 0 bridgehead atoms. The molecule has 6 rings (SSSR count). The van der Waals surface area contributed by atoms with Crippen molar-refractivity contribution in [1.82, 2.24) is 29.4 Å². The molecule has 0 atom stereocenters. The molecule has 10 nitrogen and oxygen atoms in total. The maximum Gasteiger partial charge on any atom is 0.229 e. The highest BCUT2D eigenvalue weighted by molar-refractivity contribution is 7.90. The van der Waals surface area contributed by atoms with Gasteiger partial charge >= 0.3 is 0 Å². The summed E-state index contributed by atoms with van der Waals surface area (Å²) in [5, 5.41) is 8.62. The molecule has 2 N–H and O–H groups in total. The molecule has 3 aromatic rings. The van der Waals surface area contributed by atoms with Crippen molar-refractivity contribution in [3.63, 3.8) is 0 Å². The highest BCUT2D eigenvalue weighted by atomic mass is 32.2. The van der Waals surface area contributed by atoms with Crippen LogP contribution in [-0.2, 0) is 23.0 Å². The van der Waals surface area contributed by atoms with Gasteiger partial charge in [0.15, 0.2) is 5.65 Å². The Labute approximate surface area is 205 Å². The average molecular weight is 498 g/mol. The highest BCUT2D eigenvalue weighted by Crippen LogP contribution is 2.39. The summed E-state index contributed by atoms with van der Waals surface area (Å²) in [6.07, 6.45) is 7.91. The molecule has 3 heterocycles. The van der Waals surface area contributed by atoms with Crippen molar-refractivity contribution in [3.8, 4) is 5.75 Å². The van der Waals surface area contributed by atoms with Crippen LogP contribution in [0, 0.1) is 5.92 Å². The van der Waals surface area contributed by atoms with Gasteiger partial charge in [-0.15, -0.1) is 0 Å². The number of aromatic nitrogens is 4. The number of nitrogens with one attached hydrogen (secondary N) is 2. The second-order valence-corrected chi connectivity index (χ2v) is 12.1. The third-order valence-electron chi connectivity index (χ3n) is 7.40. The van der Waals surface area contributed by atoms with Crippen molar-refractivity contribution in [2.24, 2.45) is 5.92 Å². The van der Waals surface area contributed by atoms with Crippen LogP contribution in [-0.4, -0.2) is 65.6 Å². The van der Waals surface area contributed by atoms with E-state index >= 15 is 0 Å². The topological polar surface area (TPSA) is 114 Å². The molecule has 2 aromatic heterocycles. The minimum Gasteiger partial charge on any atom is -0.495 e. The maximum absolute atomic E-state index is 12.1. The van der Waals surface area contributed by atoms with E-state index < -0.39 is 10.0 Å². The molecule has 2 saturated carbocycles. The molecule has 186 valence electrons. The molecule has 1 aromatic carbocycles. The molecular formula is C24H31N7O3S. The molecule has 1 aliphatic heterocycles. The quantitative estimate of drug-likeness (QED) is 0.488. The summed E-state index contributed by atoms with van der Waals surface area (Å²) >= 11 is 0. The van der Waals surface area contributed by atoms with Crippen LogP contribution in [0.1, 0.15) is 42.9 Å². The number of rotatable bonds is 8. The first-order valence-electron chi connectivity index (χ1n) is 12.2. The van der Waals surface area contributed by atoms with Crippen LogP contribution in [0.5, 0.6) is 5.75 Å². The Morgan fingerprint density at radius 2 is 2.00 bits per heavy atom. The molecule has 2 fully saturated rings. The van der Waals surface area contributed by atoms with Crippen molar-refractivity contribution in [1.29, 1.82) is 0 Å². The number of hydrogen-bond donors (Lipinski definition) is 2. The Balaban J connectivity index is 1.17. The largest absolute Gasteiger partial charge is 0.495 e. The monoisotopic (exact) mass is 497 g/mol. The van der Waals surface area contributed by atoms with E-state index in [-0.39, 0.29) is 11.3 Å². The lowest BCUT2D eigenvalue weighted by Crippen LogP contribution is -2.38. The van der Waals surface area contributed by atoms with Gasteiger partial charge in [-0.2, -0.15) is 10.1 Å². The standard InChI is InChI=1S/C24H31N7O3S/c1-30-6-5-16-10-22(34-2)21(9-17(16)14-30)28-24-25-12-18-13-26-31(23(18)29-24)19-7-15(8-19)11-27-35(32,33)20-3-4-20/h9-10,12-13,15,19-20,27H,3-8,11,14H2,1-2H3,(H,25,28,29). The lowest BCUT2D eigenvalue weighted by atomic mass is 9.80. The van der Waals surface area contributed by atoms with E-state index in [1.54, 1.807) is 19.5 Å². The first-order valence-corrected chi connectivity index (χ1v) is 13.8. The Morgan fingerprint density at radius 3 is 2.77 bits per heavy atom. The Morgan fingerprint density at radius 1 is 1.17 bits per heavy atom. The Bertz CT molecular complexity index is 1360. The zero-order chi connectivity index (χ0) is 24.2. The van der Waals surface area contributed by atoms with Crippen LogP contribution in [0.25, 0.3) is 11.0 Å². The van der Waals surface area contributed by atoms with Crippen LogP contribution < -0.4 is 14.8 Å². The van der Waals surface area contributed by atoms with Crippen LogP contribution in [0.3, 0.4) is 0 Å². The zero-order valence-electron chi connectivity index (χ0n) is 20.1. The smallest absolute Gasteiger partial charge is 0.229 e. The van der Waals surface area contributed by atoms with E-state index in [1.165, 1.54) is 11.1 Å². The number of fused-ring (bicyclic) bond motifs is 2. The normalized spacial score (nSPS) is 22.6. The highest BCUT2D eigenvalue weighted by Gasteiger charge is 2.38. The van der Waals surface area contributed by atoms with Gasteiger partial charge in [0.25, 0.3) is 0 Å². The van der Waals surface area contributed by atoms with Crippen LogP contribution in [0.4, 0.5) is 11.6 Å². The molecule has 0 spiro atoms. The number of anilines is 2. The Hall–Kier alpha value is -2.76. The summed E-state index contributed by atoms with van der Waals surface area (Å²) in [7, 11) is 0.681. The van der Waals surface area contributed by atoms with Crippen LogP contribution in [0.15, 0.2) is 24.5 Å². The fourth-order valence-corrected chi connectivity index (χ4v) is 6.54. The number of likely N-dealkylation sites (N-methyl/N-ethyl adjacent to an activating group) is 1. The third-order valence-corrected chi connectivity index (χ3v) is 9.32. The summed E-state index contributed by atoms with van der Waals surface area (Å²) in [5.41, 5.74) is 4.23. The molecule has 2 aliphatic carbocycles.